The number of nitrogens with one attached hydrogen (secondary N) is 1. The molecule has 0 saturated carbocycles. The molecule has 124 valence electrons. The van der Waals surface area contributed by atoms with E-state index in [4.69, 9.17) is 4.74 Å². The Morgan fingerprint density at radius 1 is 1.32 bits per heavy atom. The normalized spacial score (nSPS) is 28.0. The minimum absolute atomic E-state index is 0.0275. The van der Waals surface area contributed by atoms with Crippen molar-refractivity contribution in [2.45, 2.75) is 55.6 Å². The molecule has 0 aromatic carbocycles. The number of hydrogen-bond donors (Lipinski definition) is 1. The molecular formula is C15H24N2O4S. The van der Waals surface area contributed by atoms with Crippen LogP contribution in [-0.2, 0) is 19.1 Å². The number of likely N-dealkylation sites (tertiary alicyclic amines) is 1. The van der Waals surface area contributed by atoms with Crippen molar-refractivity contribution in [3.63, 3.8) is 0 Å². The molecule has 22 heavy (non-hydrogen) atoms. The molecule has 7 heteroatoms. The Kier molecular flexibility index (Phi) is 5.36. The van der Waals surface area contributed by atoms with Gasteiger partial charge in [0.2, 0.25) is 11.8 Å². The van der Waals surface area contributed by atoms with Gasteiger partial charge in [0.15, 0.2) is 0 Å². The molecular weight excluding hydrogens is 304 g/mol. The van der Waals surface area contributed by atoms with Crippen molar-refractivity contribution in [1.82, 2.24) is 10.2 Å². The Bertz CT molecular complexity index is 460. The van der Waals surface area contributed by atoms with Gasteiger partial charge in [0, 0.05) is 24.3 Å². The summed E-state index contributed by atoms with van der Waals surface area (Å²) in [5.74, 6) is -0.684. The number of hydrogen-bond acceptors (Lipinski definition) is 5. The van der Waals surface area contributed by atoms with E-state index in [-0.39, 0.29) is 18.2 Å². The maximum Gasteiger partial charge on any atom is 0.329 e. The first-order valence-electron chi connectivity index (χ1n) is 7.69. The molecule has 2 heterocycles. The SMILES string of the molecule is COC(=O)[C@@H]1NC(=O)[C@H](CC(=O)N2CCCCC2)SC1(C)C. The monoisotopic (exact) mass is 328 g/mol. The van der Waals surface area contributed by atoms with E-state index in [9.17, 15) is 14.4 Å². The van der Waals surface area contributed by atoms with Crippen LogP contribution in [0.15, 0.2) is 0 Å². The molecule has 2 aliphatic rings. The van der Waals surface area contributed by atoms with Crippen LogP contribution in [0, 0.1) is 0 Å². The predicted octanol–water partition coefficient (Wildman–Crippen LogP) is 0.941. The number of carbonyl (C=O) groups is 3. The highest BCUT2D eigenvalue weighted by atomic mass is 32.2. The summed E-state index contributed by atoms with van der Waals surface area (Å²) in [6.07, 6.45) is 3.42. The zero-order valence-electron chi connectivity index (χ0n) is 13.4. The topological polar surface area (TPSA) is 75.7 Å². The van der Waals surface area contributed by atoms with E-state index in [1.54, 1.807) is 0 Å². The first-order valence-corrected chi connectivity index (χ1v) is 8.57. The van der Waals surface area contributed by atoms with Crippen molar-refractivity contribution in [1.29, 1.82) is 0 Å². The van der Waals surface area contributed by atoms with Gasteiger partial charge in [-0.3, -0.25) is 9.59 Å². The van der Waals surface area contributed by atoms with Crippen molar-refractivity contribution in [2.75, 3.05) is 20.2 Å². The lowest BCUT2D eigenvalue weighted by atomic mass is 10.0. The van der Waals surface area contributed by atoms with Crippen molar-refractivity contribution < 1.29 is 19.1 Å². The number of nitrogens with zero attached hydrogens (tertiary/aromatic N) is 1. The number of rotatable bonds is 3. The van der Waals surface area contributed by atoms with Gasteiger partial charge < -0.3 is 15.0 Å². The van der Waals surface area contributed by atoms with Crippen molar-refractivity contribution in [3.8, 4) is 0 Å². The Balaban J connectivity index is 1.99. The zero-order chi connectivity index (χ0) is 16.3. The van der Waals surface area contributed by atoms with Gasteiger partial charge in [-0.05, 0) is 33.1 Å². The van der Waals surface area contributed by atoms with E-state index in [1.807, 2.05) is 18.7 Å². The molecule has 0 unspecified atom stereocenters. The first kappa shape index (κ1) is 17.1. The lowest BCUT2D eigenvalue weighted by molar-refractivity contribution is -0.146. The van der Waals surface area contributed by atoms with Gasteiger partial charge in [-0.1, -0.05) is 0 Å². The molecule has 0 aliphatic carbocycles. The van der Waals surface area contributed by atoms with Crippen LogP contribution in [0.5, 0.6) is 0 Å². The summed E-state index contributed by atoms with van der Waals surface area (Å²) < 4.78 is 4.24. The first-order chi connectivity index (χ1) is 10.3. The van der Waals surface area contributed by atoms with E-state index >= 15 is 0 Å². The quantitative estimate of drug-likeness (QED) is 0.781. The molecule has 6 nitrogen and oxygen atoms in total. The summed E-state index contributed by atoms with van der Waals surface area (Å²) in [5.41, 5.74) is 0. The number of amides is 2. The van der Waals surface area contributed by atoms with Crippen molar-refractivity contribution in [2.24, 2.45) is 0 Å². The fourth-order valence-electron chi connectivity index (χ4n) is 2.92. The van der Waals surface area contributed by atoms with Crippen LogP contribution in [0.1, 0.15) is 39.5 Å². The highest BCUT2D eigenvalue weighted by Crippen LogP contribution is 2.38. The lowest BCUT2D eigenvalue weighted by Gasteiger charge is -2.40. The molecule has 2 aliphatic heterocycles. The number of methoxy groups -OCH3 is 1. The van der Waals surface area contributed by atoms with Crippen molar-refractivity contribution in [3.05, 3.63) is 0 Å². The third kappa shape index (κ3) is 3.74. The fourth-order valence-corrected chi connectivity index (χ4v) is 4.35. The lowest BCUT2D eigenvalue weighted by Crippen LogP contribution is -2.60. The molecule has 0 radical (unpaired) electrons. The summed E-state index contributed by atoms with van der Waals surface area (Å²) in [5, 5.41) is 2.26. The smallest absolute Gasteiger partial charge is 0.329 e. The molecule has 2 rings (SSSR count). The summed E-state index contributed by atoms with van der Waals surface area (Å²) in [4.78, 5) is 38.2. The number of thioether (sulfide) groups is 1. The second kappa shape index (κ2) is 6.89. The number of carbonyl (C=O) groups excluding carboxylic acids is 3. The predicted molar refractivity (Wildman–Crippen MR) is 84.5 cm³/mol. The molecule has 2 amide bonds. The van der Waals surface area contributed by atoms with E-state index in [1.165, 1.54) is 18.9 Å². The second-order valence-electron chi connectivity index (χ2n) is 6.32. The molecule has 0 aromatic rings. The Morgan fingerprint density at radius 2 is 1.95 bits per heavy atom. The van der Waals surface area contributed by atoms with Crippen LogP contribution in [-0.4, -0.2) is 58.9 Å². The Labute approximate surface area is 135 Å². The molecule has 2 atom stereocenters. The second-order valence-corrected chi connectivity index (χ2v) is 8.18. The summed E-state index contributed by atoms with van der Waals surface area (Å²) in [6.45, 7) is 5.34. The van der Waals surface area contributed by atoms with Gasteiger partial charge in [-0.25, -0.2) is 4.79 Å². The van der Waals surface area contributed by atoms with Crippen LogP contribution in [0.4, 0.5) is 0 Å². The maximum atomic E-state index is 12.3. The highest BCUT2D eigenvalue weighted by molar-refractivity contribution is 8.02. The van der Waals surface area contributed by atoms with Gasteiger partial charge in [-0.2, -0.15) is 0 Å². The number of piperidine rings is 1. The van der Waals surface area contributed by atoms with Gasteiger partial charge in [0.05, 0.1) is 12.4 Å². The molecule has 1 N–H and O–H groups in total. The third-order valence-electron chi connectivity index (χ3n) is 4.23. The molecule has 2 saturated heterocycles. The minimum atomic E-state index is -0.684. The van der Waals surface area contributed by atoms with Crippen molar-refractivity contribution >= 4 is 29.5 Å². The van der Waals surface area contributed by atoms with Gasteiger partial charge >= 0.3 is 5.97 Å². The van der Waals surface area contributed by atoms with E-state index < -0.39 is 22.0 Å². The summed E-state index contributed by atoms with van der Waals surface area (Å²) in [7, 11) is 1.31. The third-order valence-corrected chi connectivity index (χ3v) is 5.73. The molecule has 0 bridgehead atoms. The largest absolute Gasteiger partial charge is 0.467 e. The van der Waals surface area contributed by atoms with Crippen LogP contribution in [0.25, 0.3) is 0 Å². The average molecular weight is 328 g/mol. The molecule has 2 fully saturated rings. The molecule has 0 aromatic heterocycles. The highest BCUT2D eigenvalue weighted by Gasteiger charge is 2.46. The van der Waals surface area contributed by atoms with Gasteiger partial charge in [-0.15, -0.1) is 11.8 Å². The van der Waals surface area contributed by atoms with Crippen LogP contribution in [0.2, 0.25) is 0 Å². The number of esters is 1. The van der Waals surface area contributed by atoms with E-state index in [2.05, 4.69) is 5.32 Å². The Morgan fingerprint density at radius 3 is 2.55 bits per heavy atom. The average Bonchev–Trinajstić information content (AvgIpc) is 2.50. The maximum absolute atomic E-state index is 12.3. The van der Waals surface area contributed by atoms with Gasteiger partial charge in [0.1, 0.15) is 6.04 Å². The van der Waals surface area contributed by atoms with E-state index in [0.717, 1.165) is 32.4 Å². The Hall–Kier alpha value is -1.24. The summed E-state index contributed by atoms with van der Waals surface area (Å²) in [6, 6.07) is -0.684. The zero-order valence-corrected chi connectivity index (χ0v) is 14.2. The van der Waals surface area contributed by atoms with E-state index in [0.29, 0.717) is 0 Å². The standard InChI is InChI=1S/C15H24N2O4S/c1-15(2)12(14(20)21-3)16-13(19)10(22-15)9-11(18)17-7-5-4-6-8-17/h10,12H,4-9H2,1-3H3,(H,16,19)/t10-,12-/m0/s1. The molecule has 0 spiro atoms. The minimum Gasteiger partial charge on any atom is -0.467 e. The van der Waals surface area contributed by atoms with Crippen LogP contribution >= 0.6 is 11.8 Å². The van der Waals surface area contributed by atoms with Crippen LogP contribution < -0.4 is 5.32 Å². The number of ether oxygens (including phenoxy) is 1. The van der Waals surface area contributed by atoms with Crippen LogP contribution in [0.3, 0.4) is 0 Å². The van der Waals surface area contributed by atoms with Gasteiger partial charge in [0.25, 0.3) is 0 Å². The summed E-state index contributed by atoms with van der Waals surface area (Å²) >= 11 is 1.38. The fraction of sp³-hybridized carbons (Fsp3) is 0.800.